The molecule has 0 bridgehead atoms. The molecule has 3 rings (SSSR count). The van der Waals surface area contributed by atoms with Crippen LogP contribution in [0, 0.1) is 5.92 Å². The van der Waals surface area contributed by atoms with E-state index in [1.165, 1.54) is 6.42 Å². The molecule has 1 unspecified atom stereocenters. The molecule has 2 aromatic rings. The topological polar surface area (TPSA) is 95.1 Å². The SMILES string of the molecule is CC(CO)(NC(=O)c1n[nH]c(=O)c2ccccc12)C1CCCCC1. The molecule has 0 saturated heterocycles. The molecule has 0 radical (unpaired) electrons. The molecule has 1 saturated carbocycles. The summed E-state index contributed by atoms with van der Waals surface area (Å²) in [5, 5.41) is 20.1. The van der Waals surface area contributed by atoms with Crippen LogP contribution in [-0.2, 0) is 0 Å². The molecule has 3 N–H and O–H groups in total. The Hall–Kier alpha value is -2.21. The molecule has 1 amide bonds. The standard InChI is InChI=1S/C18H23N3O3/c1-18(11-22,12-7-3-2-4-8-12)19-17(24)15-13-9-5-6-10-14(13)16(23)21-20-15/h5-6,9-10,12,22H,2-4,7-8,11H2,1H3,(H,19,24)(H,21,23). The van der Waals surface area contributed by atoms with Crippen molar-refractivity contribution in [2.45, 2.75) is 44.6 Å². The minimum absolute atomic E-state index is 0.120. The van der Waals surface area contributed by atoms with Crippen molar-refractivity contribution in [2.24, 2.45) is 5.92 Å². The Morgan fingerprint density at radius 1 is 1.29 bits per heavy atom. The molecular weight excluding hydrogens is 306 g/mol. The van der Waals surface area contributed by atoms with Gasteiger partial charge in [0.15, 0.2) is 5.69 Å². The van der Waals surface area contributed by atoms with Gasteiger partial charge in [-0.05, 0) is 31.7 Å². The second-order valence-corrected chi connectivity index (χ2v) is 6.81. The van der Waals surface area contributed by atoms with E-state index < -0.39 is 5.54 Å². The molecule has 1 heterocycles. The predicted molar refractivity (Wildman–Crippen MR) is 91.9 cm³/mol. The first-order chi connectivity index (χ1) is 11.5. The summed E-state index contributed by atoms with van der Waals surface area (Å²) in [7, 11) is 0. The number of H-pyrrole nitrogens is 1. The number of amides is 1. The first-order valence-electron chi connectivity index (χ1n) is 8.46. The highest BCUT2D eigenvalue weighted by Gasteiger charge is 2.36. The third kappa shape index (κ3) is 3.06. The van der Waals surface area contributed by atoms with Crippen molar-refractivity contribution in [3.63, 3.8) is 0 Å². The summed E-state index contributed by atoms with van der Waals surface area (Å²) in [6.07, 6.45) is 5.44. The first kappa shape index (κ1) is 16.6. The summed E-state index contributed by atoms with van der Waals surface area (Å²) in [6, 6.07) is 6.90. The number of benzene rings is 1. The molecule has 6 nitrogen and oxygen atoms in total. The molecule has 1 atom stereocenters. The molecule has 24 heavy (non-hydrogen) atoms. The van der Waals surface area contributed by atoms with Gasteiger partial charge in [-0.25, -0.2) is 5.10 Å². The van der Waals surface area contributed by atoms with Crippen molar-refractivity contribution in [3.8, 4) is 0 Å². The predicted octanol–water partition coefficient (Wildman–Crippen LogP) is 1.98. The Bertz CT molecular complexity index is 795. The van der Waals surface area contributed by atoms with E-state index in [9.17, 15) is 14.7 Å². The number of carbonyl (C=O) groups excluding carboxylic acids is 1. The van der Waals surface area contributed by atoms with Crippen LogP contribution in [0.5, 0.6) is 0 Å². The molecule has 1 aliphatic rings. The number of hydrogen-bond donors (Lipinski definition) is 3. The van der Waals surface area contributed by atoms with Crippen LogP contribution in [0.25, 0.3) is 10.8 Å². The Morgan fingerprint density at radius 2 is 1.96 bits per heavy atom. The Labute approximate surface area is 140 Å². The monoisotopic (exact) mass is 329 g/mol. The van der Waals surface area contributed by atoms with Gasteiger partial charge in [0, 0.05) is 5.39 Å². The van der Waals surface area contributed by atoms with Gasteiger partial charge < -0.3 is 10.4 Å². The third-order valence-electron chi connectivity index (χ3n) is 5.14. The molecule has 0 aliphatic heterocycles. The molecule has 128 valence electrons. The average molecular weight is 329 g/mol. The summed E-state index contributed by atoms with van der Waals surface area (Å²) in [4.78, 5) is 24.6. The van der Waals surface area contributed by atoms with Crippen molar-refractivity contribution in [1.82, 2.24) is 15.5 Å². The van der Waals surface area contributed by atoms with Crippen LogP contribution in [0.3, 0.4) is 0 Å². The second-order valence-electron chi connectivity index (χ2n) is 6.81. The largest absolute Gasteiger partial charge is 0.394 e. The zero-order valence-electron chi connectivity index (χ0n) is 13.8. The fourth-order valence-electron chi connectivity index (χ4n) is 3.62. The highest BCUT2D eigenvalue weighted by atomic mass is 16.3. The van der Waals surface area contributed by atoms with Crippen LogP contribution in [0.4, 0.5) is 0 Å². The number of carbonyl (C=O) groups is 1. The molecule has 6 heteroatoms. The van der Waals surface area contributed by atoms with Gasteiger partial charge in [0.2, 0.25) is 0 Å². The van der Waals surface area contributed by atoms with Crippen molar-refractivity contribution < 1.29 is 9.90 Å². The number of hydrogen-bond acceptors (Lipinski definition) is 4. The maximum absolute atomic E-state index is 12.8. The van der Waals surface area contributed by atoms with E-state index >= 15 is 0 Å². The van der Waals surface area contributed by atoms with Crippen LogP contribution in [-0.4, -0.2) is 33.4 Å². The number of aromatic nitrogens is 2. The minimum Gasteiger partial charge on any atom is -0.394 e. The summed E-state index contributed by atoms with van der Waals surface area (Å²) >= 11 is 0. The number of aliphatic hydroxyl groups is 1. The lowest BCUT2D eigenvalue weighted by Gasteiger charge is -2.39. The van der Waals surface area contributed by atoms with Crippen LogP contribution in [0.15, 0.2) is 29.1 Å². The van der Waals surface area contributed by atoms with Crippen molar-refractivity contribution in [3.05, 3.63) is 40.3 Å². The van der Waals surface area contributed by atoms with E-state index in [1.54, 1.807) is 24.3 Å². The Balaban J connectivity index is 1.91. The normalized spacial score (nSPS) is 18.2. The minimum atomic E-state index is -0.684. The number of aliphatic hydroxyl groups excluding tert-OH is 1. The van der Waals surface area contributed by atoms with Gasteiger partial charge in [-0.3, -0.25) is 9.59 Å². The van der Waals surface area contributed by atoms with Gasteiger partial charge in [0.05, 0.1) is 17.5 Å². The quantitative estimate of drug-likeness (QED) is 0.799. The second kappa shape index (κ2) is 6.73. The maximum Gasteiger partial charge on any atom is 0.272 e. The summed E-state index contributed by atoms with van der Waals surface area (Å²) in [5.41, 5.74) is -0.823. The number of nitrogens with zero attached hydrogens (tertiary/aromatic N) is 1. The number of rotatable bonds is 4. The number of nitrogens with one attached hydrogen (secondary N) is 2. The third-order valence-corrected chi connectivity index (χ3v) is 5.14. The number of aromatic amines is 1. The van der Waals surface area contributed by atoms with Crippen LogP contribution >= 0.6 is 0 Å². The van der Waals surface area contributed by atoms with E-state index in [4.69, 9.17) is 0 Å². The van der Waals surface area contributed by atoms with Gasteiger partial charge >= 0.3 is 0 Å². The van der Waals surface area contributed by atoms with Gasteiger partial charge in [-0.15, -0.1) is 0 Å². The smallest absolute Gasteiger partial charge is 0.272 e. The highest BCUT2D eigenvalue weighted by molar-refractivity contribution is 6.05. The fourth-order valence-corrected chi connectivity index (χ4v) is 3.62. The Morgan fingerprint density at radius 3 is 2.62 bits per heavy atom. The number of fused-ring (bicyclic) bond motifs is 1. The van der Waals surface area contributed by atoms with Crippen LogP contribution < -0.4 is 10.9 Å². The van der Waals surface area contributed by atoms with Gasteiger partial charge in [-0.1, -0.05) is 37.5 Å². The zero-order chi connectivity index (χ0) is 17.2. The molecular formula is C18H23N3O3. The van der Waals surface area contributed by atoms with E-state index in [0.29, 0.717) is 10.8 Å². The van der Waals surface area contributed by atoms with Gasteiger partial charge in [-0.2, -0.15) is 5.10 Å². The lowest BCUT2D eigenvalue weighted by atomic mass is 9.76. The van der Waals surface area contributed by atoms with Crippen molar-refractivity contribution in [1.29, 1.82) is 0 Å². The fraction of sp³-hybridized carbons (Fsp3) is 0.500. The van der Waals surface area contributed by atoms with Gasteiger partial charge in [0.1, 0.15) is 0 Å². The lowest BCUT2D eigenvalue weighted by Crippen LogP contribution is -2.55. The highest BCUT2D eigenvalue weighted by Crippen LogP contribution is 2.32. The van der Waals surface area contributed by atoms with E-state index in [1.807, 2.05) is 6.92 Å². The first-order valence-corrected chi connectivity index (χ1v) is 8.46. The lowest BCUT2D eigenvalue weighted by molar-refractivity contribution is 0.0676. The molecule has 1 aromatic carbocycles. The summed E-state index contributed by atoms with van der Waals surface area (Å²) < 4.78 is 0. The van der Waals surface area contributed by atoms with Crippen LogP contribution in [0.2, 0.25) is 0 Å². The average Bonchev–Trinajstić information content (AvgIpc) is 2.62. The summed E-state index contributed by atoms with van der Waals surface area (Å²) in [6.45, 7) is 1.76. The van der Waals surface area contributed by atoms with Gasteiger partial charge in [0.25, 0.3) is 11.5 Å². The van der Waals surface area contributed by atoms with Crippen molar-refractivity contribution >= 4 is 16.7 Å². The van der Waals surface area contributed by atoms with Crippen molar-refractivity contribution in [2.75, 3.05) is 6.61 Å². The summed E-state index contributed by atoms with van der Waals surface area (Å²) in [5.74, 6) is -0.126. The molecule has 1 fully saturated rings. The molecule has 1 aromatic heterocycles. The molecule has 0 spiro atoms. The van der Waals surface area contributed by atoms with Crippen LogP contribution in [0.1, 0.15) is 49.5 Å². The van der Waals surface area contributed by atoms with E-state index in [-0.39, 0.29) is 29.7 Å². The maximum atomic E-state index is 12.8. The molecule has 1 aliphatic carbocycles. The zero-order valence-corrected chi connectivity index (χ0v) is 13.8. The van der Waals surface area contributed by atoms with E-state index in [2.05, 4.69) is 15.5 Å². The Kier molecular flexibility index (Phi) is 4.66. The van der Waals surface area contributed by atoms with E-state index in [0.717, 1.165) is 25.7 Å².